The van der Waals surface area contributed by atoms with Gasteiger partial charge in [0.05, 0.1) is 13.2 Å². The van der Waals surface area contributed by atoms with E-state index in [1.165, 1.54) is 0 Å². The summed E-state index contributed by atoms with van der Waals surface area (Å²) in [6.07, 6.45) is -0.127. The summed E-state index contributed by atoms with van der Waals surface area (Å²) in [5.74, 6) is 0.849. The van der Waals surface area contributed by atoms with E-state index in [0.29, 0.717) is 13.2 Å². The second-order valence-electron chi connectivity index (χ2n) is 4.05. The molecule has 0 bridgehead atoms. The molecule has 0 aromatic heterocycles. The molecule has 0 radical (unpaired) electrons. The Morgan fingerprint density at radius 3 is 2.40 bits per heavy atom. The third kappa shape index (κ3) is 2.70. The first-order chi connectivity index (χ1) is 7.18. The largest absolute Gasteiger partial charge is 0.483 e. The molecule has 0 spiro atoms. The van der Waals surface area contributed by atoms with E-state index in [0.717, 1.165) is 5.75 Å². The zero-order chi connectivity index (χ0) is 10.7. The highest BCUT2D eigenvalue weighted by atomic mass is 16.7. The van der Waals surface area contributed by atoms with Crippen LogP contribution in [0.2, 0.25) is 0 Å². The molecule has 0 aliphatic carbocycles. The van der Waals surface area contributed by atoms with Gasteiger partial charge in [-0.15, -0.1) is 0 Å². The summed E-state index contributed by atoms with van der Waals surface area (Å²) in [5, 5.41) is 0. The number of hydrogen-bond donors (Lipinski definition) is 0. The summed E-state index contributed by atoms with van der Waals surface area (Å²) in [4.78, 5) is 0. The molecule has 1 aliphatic rings. The Balaban J connectivity index is 1.99. The van der Waals surface area contributed by atoms with Gasteiger partial charge in [0, 0.05) is 0 Å². The number of hydrogen-bond acceptors (Lipinski definition) is 3. The van der Waals surface area contributed by atoms with Crippen molar-refractivity contribution in [3.63, 3.8) is 0 Å². The highest BCUT2D eigenvalue weighted by molar-refractivity contribution is 5.22. The van der Waals surface area contributed by atoms with Crippen molar-refractivity contribution in [1.82, 2.24) is 0 Å². The van der Waals surface area contributed by atoms with Crippen molar-refractivity contribution in [3.8, 4) is 5.75 Å². The fourth-order valence-electron chi connectivity index (χ4n) is 1.51. The molecular formula is C12H16O3. The van der Waals surface area contributed by atoms with E-state index in [1.54, 1.807) is 0 Å². The van der Waals surface area contributed by atoms with Gasteiger partial charge in [-0.25, -0.2) is 0 Å². The lowest BCUT2D eigenvalue weighted by atomic mass is 10.1. The van der Waals surface area contributed by atoms with Crippen molar-refractivity contribution in [1.29, 1.82) is 0 Å². The molecule has 1 saturated heterocycles. The van der Waals surface area contributed by atoms with Gasteiger partial charge in [-0.3, -0.25) is 0 Å². The fraction of sp³-hybridized carbons (Fsp3) is 0.500. The van der Waals surface area contributed by atoms with Gasteiger partial charge in [-0.1, -0.05) is 18.2 Å². The molecule has 0 saturated carbocycles. The van der Waals surface area contributed by atoms with Crippen LogP contribution >= 0.6 is 0 Å². The standard InChI is InChI=1S/C12H16O3/c1-10-13-8-12(2,9-14-10)15-11-6-4-3-5-7-11/h3-7,10H,8-9H2,1-2H3. The SMILES string of the molecule is CC1OCC(C)(Oc2ccccc2)CO1. The van der Waals surface area contributed by atoms with Crippen LogP contribution < -0.4 is 4.74 Å². The third-order valence-corrected chi connectivity index (χ3v) is 2.35. The number of benzene rings is 1. The van der Waals surface area contributed by atoms with Gasteiger partial charge >= 0.3 is 0 Å². The van der Waals surface area contributed by atoms with E-state index in [9.17, 15) is 0 Å². The first-order valence-corrected chi connectivity index (χ1v) is 5.15. The molecule has 1 heterocycles. The topological polar surface area (TPSA) is 27.7 Å². The molecule has 3 nitrogen and oxygen atoms in total. The Hall–Kier alpha value is -1.06. The fourth-order valence-corrected chi connectivity index (χ4v) is 1.51. The van der Waals surface area contributed by atoms with Crippen LogP contribution in [0, 0.1) is 0 Å². The molecule has 3 heteroatoms. The monoisotopic (exact) mass is 208 g/mol. The van der Waals surface area contributed by atoms with Crippen LogP contribution in [0.1, 0.15) is 13.8 Å². The van der Waals surface area contributed by atoms with Gasteiger partial charge < -0.3 is 14.2 Å². The lowest BCUT2D eigenvalue weighted by molar-refractivity contribution is -0.232. The zero-order valence-corrected chi connectivity index (χ0v) is 9.10. The molecule has 82 valence electrons. The molecule has 1 aliphatic heterocycles. The number of rotatable bonds is 2. The smallest absolute Gasteiger partial charge is 0.155 e. The van der Waals surface area contributed by atoms with E-state index in [1.807, 2.05) is 44.2 Å². The summed E-state index contributed by atoms with van der Waals surface area (Å²) >= 11 is 0. The Morgan fingerprint density at radius 1 is 1.20 bits per heavy atom. The van der Waals surface area contributed by atoms with Crippen molar-refractivity contribution in [2.45, 2.75) is 25.7 Å². The van der Waals surface area contributed by atoms with Gasteiger partial charge in [0.25, 0.3) is 0 Å². The lowest BCUT2D eigenvalue weighted by Gasteiger charge is -2.36. The highest BCUT2D eigenvalue weighted by Crippen LogP contribution is 2.22. The molecule has 0 atom stereocenters. The molecule has 1 fully saturated rings. The molecule has 2 rings (SSSR count). The Labute approximate surface area is 90.0 Å². The van der Waals surface area contributed by atoms with Crippen LogP contribution in [0.3, 0.4) is 0 Å². The average Bonchev–Trinajstić information content (AvgIpc) is 2.24. The minimum atomic E-state index is -0.381. The summed E-state index contributed by atoms with van der Waals surface area (Å²) < 4.78 is 16.7. The first-order valence-electron chi connectivity index (χ1n) is 5.15. The minimum absolute atomic E-state index is 0.127. The minimum Gasteiger partial charge on any atom is -0.483 e. The number of para-hydroxylation sites is 1. The third-order valence-electron chi connectivity index (χ3n) is 2.35. The molecule has 1 aromatic carbocycles. The second kappa shape index (κ2) is 4.21. The quantitative estimate of drug-likeness (QED) is 0.745. The van der Waals surface area contributed by atoms with Crippen molar-refractivity contribution in [2.24, 2.45) is 0 Å². The van der Waals surface area contributed by atoms with Gasteiger partial charge in [0.15, 0.2) is 11.9 Å². The van der Waals surface area contributed by atoms with Gasteiger partial charge in [-0.2, -0.15) is 0 Å². The van der Waals surface area contributed by atoms with E-state index >= 15 is 0 Å². The van der Waals surface area contributed by atoms with Crippen LogP contribution in [-0.2, 0) is 9.47 Å². The first kappa shape index (κ1) is 10.5. The lowest BCUT2D eigenvalue weighted by Crippen LogP contribution is -2.48. The maximum Gasteiger partial charge on any atom is 0.155 e. The Kier molecular flexibility index (Phi) is 2.93. The molecule has 1 aromatic rings. The van der Waals surface area contributed by atoms with Crippen LogP contribution in [0.5, 0.6) is 5.75 Å². The van der Waals surface area contributed by atoms with Crippen LogP contribution in [-0.4, -0.2) is 25.1 Å². The Bertz CT molecular complexity index is 302. The van der Waals surface area contributed by atoms with Gasteiger partial charge in [0.2, 0.25) is 0 Å². The van der Waals surface area contributed by atoms with E-state index in [2.05, 4.69) is 0 Å². The van der Waals surface area contributed by atoms with Gasteiger partial charge in [-0.05, 0) is 26.0 Å². The molecule has 15 heavy (non-hydrogen) atoms. The van der Waals surface area contributed by atoms with E-state index < -0.39 is 0 Å². The van der Waals surface area contributed by atoms with Crippen molar-refractivity contribution in [2.75, 3.05) is 13.2 Å². The number of ether oxygens (including phenoxy) is 3. The van der Waals surface area contributed by atoms with Gasteiger partial charge in [0.1, 0.15) is 5.75 Å². The summed E-state index contributed by atoms with van der Waals surface area (Å²) in [5.41, 5.74) is -0.381. The highest BCUT2D eigenvalue weighted by Gasteiger charge is 2.33. The summed E-state index contributed by atoms with van der Waals surface area (Å²) in [6, 6.07) is 9.73. The average molecular weight is 208 g/mol. The normalized spacial score (nSPS) is 31.2. The van der Waals surface area contributed by atoms with Crippen molar-refractivity contribution >= 4 is 0 Å². The molecule has 0 N–H and O–H groups in total. The maximum atomic E-state index is 5.84. The van der Waals surface area contributed by atoms with E-state index in [4.69, 9.17) is 14.2 Å². The maximum absolute atomic E-state index is 5.84. The molecular weight excluding hydrogens is 192 g/mol. The molecule has 0 unspecified atom stereocenters. The van der Waals surface area contributed by atoms with Crippen LogP contribution in [0.15, 0.2) is 30.3 Å². The van der Waals surface area contributed by atoms with Crippen LogP contribution in [0.25, 0.3) is 0 Å². The zero-order valence-electron chi connectivity index (χ0n) is 9.10. The van der Waals surface area contributed by atoms with Crippen LogP contribution in [0.4, 0.5) is 0 Å². The predicted octanol–water partition coefficient (Wildman–Crippen LogP) is 2.22. The summed E-state index contributed by atoms with van der Waals surface area (Å²) in [6.45, 7) is 5.00. The Morgan fingerprint density at radius 2 is 1.80 bits per heavy atom. The van der Waals surface area contributed by atoms with Crippen molar-refractivity contribution < 1.29 is 14.2 Å². The predicted molar refractivity (Wildman–Crippen MR) is 56.8 cm³/mol. The second-order valence-corrected chi connectivity index (χ2v) is 4.05. The molecule has 0 amide bonds. The van der Waals surface area contributed by atoms with E-state index in [-0.39, 0.29) is 11.9 Å². The van der Waals surface area contributed by atoms with Crippen molar-refractivity contribution in [3.05, 3.63) is 30.3 Å². The summed E-state index contributed by atoms with van der Waals surface area (Å²) in [7, 11) is 0.